The minimum absolute atomic E-state index is 0.0658. The summed E-state index contributed by atoms with van der Waals surface area (Å²) in [6.07, 6.45) is 0. The molecule has 0 aliphatic heterocycles. The summed E-state index contributed by atoms with van der Waals surface area (Å²) in [4.78, 5) is 11.7. The molecule has 114 valence electrons. The van der Waals surface area contributed by atoms with Gasteiger partial charge in [-0.2, -0.15) is 0 Å². The maximum atomic E-state index is 11.7. The zero-order chi connectivity index (χ0) is 16.1. The normalized spacial score (nSPS) is 11.1. The number of carbonyl (C=O) groups is 1. The van der Waals surface area contributed by atoms with E-state index < -0.39 is 19.5 Å². The van der Waals surface area contributed by atoms with Crippen LogP contribution in [0.15, 0.2) is 91.0 Å². The summed E-state index contributed by atoms with van der Waals surface area (Å²) in [5.41, 5.74) is 0. The van der Waals surface area contributed by atoms with Gasteiger partial charge in [0.1, 0.15) is 0 Å². The van der Waals surface area contributed by atoms with Crippen LogP contribution in [0.2, 0.25) is 5.21 Å². The first kappa shape index (κ1) is 15.6. The van der Waals surface area contributed by atoms with Crippen LogP contribution >= 0.6 is 0 Å². The van der Waals surface area contributed by atoms with E-state index in [1.54, 1.807) is 0 Å². The van der Waals surface area contributed by atoms with Gasteiger partial charge in [0.25, 0.3) is 0 Å². The van der Waals surface area contributed by atoms with Crippen molar-refractivity contribution in [3.63, 3.8) is 0 Å². The molecule has 3 heteroatoms. The molecule has 0 N–H and O–H groups in total. The molecule has 0 atom stereocenters. The molecule has 0 heterocycles. The number of carboxylic acids is 1. The molecule has 0 amide bonds. The molecular formula is C20H17AsO2. The molecule has 3 rings (SSSR count). The van der Waals surface area contributed by atoms with E-state index in [-0.39, 0.29) is 5.21 Å². The van der Waals surface area contributed by atoms with Gasteiger partial charge in [0.15, 0.2) is 0 Å². The average molecular weight is 364 g/mol. The fourth-order valence-corrected chi connectivity index (χ4v) is 11.1. The van der Waals surface area contributed by atoms with Gasteiger partial charge in [-0.1, -0.05) is 0 Å². The van der Waals surface area contributed by atoms with Crippen LogP contribution in [0, 0.1) is 0 Å². The molecule has 0 saturated heterocycles. The third-order valence-electron chi connectivity index (χ3n) is 3.96. The van der Waals surface area contributed by atoms with Crippen LogP contribution in [0.1, 0.15) is 0 Å². The van der Waals surface area contributed by atoms with Crippen LogP contribution in [0.5, 0.6) is 0 Å². The first-order valence-electron chi connectivity index (χ1n) is 7.48. The van der Waals surface area contributed by atoms with Crippen molar-refractivity contribution in [1.29, 1.82) is 0 Å². The van der Waals surface area contributed by atoms with Gasteiger partial charge in [-0.3, -0.25) is 0 Å². The Labute approximate surface area is 138 Å². The molecule has 2 nitrogen and oxygen atoms in total. The van der Waals surface area contributed by atoms with E-state index in [0.29, 0.717) is 0 Å². The molecule has 0 aromatic heterocycles. The van der Waals surface area contributed by atoms with Crippen molar-refractivity contribution in [2.24, 2.45) is 0 Å². The Balaban J connectivity index is 2.32. The third-order valence-corrected chi connectivity index (χ3v) is 12.9. The fourth-order valence-electron chi connectivity index (χ4n) is 2.96. The molecular weight excluding hydrogens is 347 g/mol. The summed E-state index contributed by atoms with van der Waals surface area (Å²) in [5.74, 6) is -0.992. The number of carbonyl (C=O) groups excluding carboxylic acids is 1. The summed E-state index contributed by atoms with van der Waals surface area (Å²) in [6.45, 7) is 0. The van der Waals surface area contributed by atoms with Crippen LogP contribution in [0.25, 0.3) is 0 Å². The van der Waals surface area contributed by atoms with Gasteiger partial charge in [-0.15, -0.1) is 0 Å². The number of hydrogen-bond acceptors (Lipinski definition) is 2. The predicted octanol–water partition coefficient (Wildman–Crippen LogP) is 0.907. The third kappa shape index (κ3) is 3.08. The zero-order valence-corrected chi connectivity index (χ0v) is 14.5. The number of rotatable bonds is 5. The predicted molar refractivity (Wildman–Crippen MR) is 93.8 cm³/mol. The van der Waals surface area contributed by atoms with E-state index in [1.807, 2.05) is 54.6 Å². The molecule has 0 saturated carbocycles. The van der Waals surface area contributed by atoms with Crippen LogP contribution in [-0.2, 0) is 4.79 Å². The topological polar surface area (TPSA) is 40.1 Å². The second-order valence-electron chi connectivity index (χ2n) is 5.35. The quantitative estimate of drug-likeness (QED) is 0.632. The van der Waals surface area contributed by atoms with E-state index in [1.165, 1.54) is 0 Å². The van der Waals surface area contributed by atoms with E-state index in [9.17, 15) is 9.90 Å². The second-order valence-corrected chi connectivity index (χ2v) is 12.7. The molecule has 0 radical (unpaired) electrons. The summed E-state index contributed by atoms with van der Waals surface area (Å²) >= 11 is -3.10. The van der Waals surface area contributed by atoms with E-state index in [0.717, 1.165) is 13.1 Å². The van der Waals surface area contributed by atoms with Crippen molar-refractivity contribution in [1.82, 2.24) is 0 Å². The molecule has 0 aliphatic rings. The van der Waals surface area contributed by atoms with Crippen molar-refractivity contribution >= 4 is 32.6 Å². The van der Waals surface area contributed by atoms with Crippen molar-refractivity contribution in [2.45, 2.75) is 5.21 Å². The average Bonchev–Trinajstić information content (AvgIpc) is 2.62. The second kappa shape index (κ2) is 6.85. The molecule has 3 aromatic carbocycles. The Morgan fingerprint density at radius 3 is 1.22 bits per heavy atom. The summed E-state index contributed by atoms with van der Waals surface area (Å²) in [6, 6.07) is 30.1. The number of hydrogen-bond donors (Lipinski definition) is 0. The Bertz CT molecular complexity index is 674. The molecule has 0 fully saturated rings. The van der Waals surface area contributed by atoms with Crippen LogP contribution < -0.4 is 18.2 Å². The van der Waals surface area contributed by atoms with Gasteiger partial charge >= 0.3 is 139 Å². The minimum atomic E-state index is -3.10. The fraction of sp³-hybridized carbons (Fsp3) is 0.0500. The molecule has 3 aromatic rings. The molecule has 0 unspecified atom stereocenters. The SMILES string of the molecule is O=C([O-])C[As+](c1ccccc1)(c1ccccc1)c1ccccc1. The first-order valence-corrected chi connectivity index (χ1v) is 11.6. The number of carboxylic acid groups (broad SMARTS) is 1. The maximum absolute atomic E-state index is 11.7. The van der Waals surface area contributed by atoms with E-state index in [4.69, 9.17) is 0 Å². The van der Waals surface area contributed by atoms with Gasteiger partial charge in [0.05, 0.1) is 0 Å². The van der Waals surface area contributed by atoms with Gasteiger partial charge in [-0.05, 0) is 0 Å². The van der Waals surface area contributed by atoms with Crippen LogP contribution in [-0.4, -0.2) is 19.5 Å². The van der Waals surface area contributed by atoms with Crippen LogP contribution in [0.4, 0.5) is 0 Å². The zero-order valence-electron chi connectivity index (χ0n) is 12.6. The van der Waals surface area contributed by atoms with Crippen molar-refractivity contribution < 1.29 is 9.90 Å². The Morgan fingerprint density at radius 2 is 0.957 bits per heavy atom. The van der Waals surface area contributed by atoms with E-state index >= 15 is 0 Å². The Kier molecular flexibility index (Phi) is 4.64. The molecule has 0 spiro atoms. The Hall–Kier alpha value is -2.31. The monoisotopic (exact) mass is 364 g/mol. The molecule has 0 aliphatic carbocycles. The standard InChI is InChI=1S/C20H17AsO2/c22-20(23)16-21(17-10-4-1-5-11-17,18-12-6-2-7-13-18)19-14-8-3-9-15-19/h1-15H,16H2. The van der Waals surface area contributed by atoms with Gasteiger partial charge in [0.2, 0.25) is 0 Å². The first-order chi connectivity index (χ1) is 11.2. The summed E-state index contributed by atoms with van der Waals surface area (Å²) < 4.78 is 3.35. The van der Waals surface area contributed by atoms with Crippen molar-refractivity contribution in [3.8, 4) is 0 Å². The van der Waals surface area contributed by atoms with Gasteiger partial charge in [0, 0.05) is 0 Å². The number of aliphatic carboxylic acids is 1. The van der Waals surface area contributed by atoms with Crippen molar-refractivity contribution in [3.05, 3.63) is 91.0 Å². The van der Waals surface area contributed by atoms with E-state index in [2.05, 4.69) is 36.4 Å². The van der Waals surface area contributed by atoms with Crippen LogP contribution in [0.3, 0.4) is 0 Å². The van der Waals surface area contributed by atoms with Crippen molar-refractivity contribution in [2.75, 3.05) is 0 Å². The Morgan fingerprint density at radius 1 is 0.652 bits per heavy atom. The van der Waals surface area contributed by atoms with Gasteiger partial charge < -0.3 is 0 Å². The van der Waals surface area contributed by atoms with Gasteiger partial charge in [-0.25, -0.2) is 0 Å². The molecule has 23 heavy (non-hydrogen) atoms. The number of benzene rings is 3. The summed E-state index contributed by atoms with van der Waals surface area (Å²) in [5, 5.41) is 11.7. The summed E-state index contributed by atoms with van der Waals surface area (Å²) in [7, 11) is 0. The molecule has 0 bridgehead atoms.